The zero-order valence-electron chi connectivity index (χ0n) is 15.4. The molecule has 8 heteroatoms. The number of aliphatic carboxylic acids is 1. The highest BCUT2D eigenvalue weighted by atomic mass is 16.6. The number of carbonyl (C=O) groups is 2. The second kappa shape index (κ2) is 7.58. The van der Waals surface area contributed by atoms with Crippen LogP contribution in [0.25, 0.3) is 0 Å². The molecule has 0 spiro atoms. The van der Waals surface area contributed by atoms with E-state index in [1.807, 2.05) is 0 Å². The van der Waals surface area contributed by atoms with Crippen molar-refractivity contribution in [2.24, 2.45) is 10.6 Å². The number of hydrogen-bond donors (Lipinski definition) is 1. The molecule has 0 aliphatic carbocycles. The minimum atomic E-state index is -1.21. The van der Waals surface area contributed by atoms with Gasteiger partial charge in [-0.05, 0) is 38.3 Å². The molecule has 0 bridgehead atoms. The number of nitrogens with zero attached hydrogens (tertiary/aromatic N) is 3. The van der Waals surface area contributed by atoms with Gasteiger partial charge in [0.25, 0.3) is 0 Å². The second-order valence-electron chi connectivity index (χ2n) is 7.73. The number of nitroso groups, excluding NO2 is 1. The van der Waals surface area contributed by atoms with Crippen LogP contribution >= 0.6 is 0 Å². The van der Waals surface area contributed by atoms with E-state index in [1.54, 1.807) is 53.7 Å². The highest BCUT2D eigenvalue weighted by Crippen LogP contribution is 2.30. The molecule has 0 saturated heterocycles. The third kappa shape index (κ3) is 5.81. The fourth-order valence-electron chi connectivity index (χ4n) is 2.27. The van der Waals surface area contributed by atoms with Crippen molar-refractivity contribution in [1.82, 2.24) is 4.98 Å². The van der Waals surface area contributed by atoms with Crippen LogP contribution in [0.2, 0.25) is 0 Å². The lowest BCUT2D eigenvalue weighted by Crippen LogP contribution is -2.54. The Labute approximate surface area is 147 Å². The lowest BCUT2D eigenvalue weighted by Gasteiger charge is -2.37. The Balaban J connectivity index is 3.46. The lowest BCUT2D eigenvalue weighted by atomic mass is 9.85. The van der Waals surface area contributed by atoms with E-state index in [-0.39, 0.29) is 12.4 Å². The molecular formula is C17H25N3O5. The minimum Gasteiger partial charge on any atom is -0.480 e. The topological polar surface area (TPSA) is 109 Å². The van der Waals surface area contributed by atoms with Gasteiger partial charge in [-0.1, -0.05) is 32.0 Å². The standard InChI is InChI=1S/C17H25N3O5/c1-16(2,3)13(14(21)22)20(15(23)25-17(4,5)6)12-9-7-8-11(19-12)10-18-24/h7-9,13H,10H2,1-6H3,(H,21,22). The maximum atomic E-state index is 12.7. The summed E-state index contributed by atoms with van der Waals surface area (Å²) in [5.41, 5.74) is -1.26. The van der Waals surface area contributed by atoms with Crippen LogP contribution in [-0.4, -0.2) is 33.8 Å². The van der Waals surface area contributed by atoms with Gasteiger partial charge in [0.15, 0.2) is 0 Å². The van der Waals surface area contributed by atoms with Gasteiger partial charge < -0.3 is 9.84 Å². The van der Waals surface area contributed by atoms with Gasteiger partial charge >= 0.3 is 12.1 Å². The van der Waals surface area contributed by atoms with Gasteiger partial charge in [-0.25, -0.2) is 19.5 Å². The number of pyridine rings is 1. The van der Waals surface area contributed by atoms with E-state index in [0.717, 1.165) is 4.90 Å². The summed E-state index contributed by atoms with van der Waals surface area (Å²) < 4.78 is 5.38. The molecule has 1 N–H and O–H groups in total. The van der Waals surface area contributed by atoms with Crippen molar-refractivity contribution < 1.29 is 19.4 Å². The number of amides is 1. The van der Waals surface area contributed by atoms with Gasteiger partial charge in [-0.15, -0.1) is 0 Å². The molecule has 1 rings (SSSR count). The number of hydrogen-bond acceptors (Lipinski definition) is 6. The zero-order valence-corrected chi connectivity index (χ0v) is 15.4. The summed E-state index contributed by atoms with van der Waals surface area (Å²) in [6.07, 6.45) is -0.821. The molecule has 1 unspecified atom stereocenters. The van der Waals surface area contributed by atoms with E-state index in [0.29, 0.717) is 5.69 Å². The molecule has 0 radical (unpaired) electrons. The third-order valence-electron chi connectivity index (χ3n) is 3.17. The Bertz CT molecular complexity index is 646. The Morgan fingerprint density at radius 2 is 1.84 bits per heavy atom. The molecule has 1 aromatic rings. The van der Waals surface area contributed by atoms with Gasteiger partial charge in [0.1, 0.15) is 24.0 Å². The van der Waals surface area contributed by atoms with Gasteiger partial charge in [0, 0.05) is 0 Å². The predicted molar refractivity (Wildman–Crippen MR) is 93.3 cm³/mol. The SMILES string of the molecule is CC(C)(C)OC(=O)N(c1cccc(CN=O)n1)C(C(=O)O)C(C)(C)C. The zero-order chi connectivity index (χ0) is 19.4. The normalized spacial score (nSPS) is 13.0. The molecule has 1 heterocycles. The molecule has 0 fully saturated rings. The van der Waals surface area contributed by atoms with Crippen LogP contribution in [-0.2, 0) is 16.1 Å². The maximum absolute atomic E-state index is 12.7. The molecule has 0 aliphatic heterocycles. The van der Waals surface area contributed by atoms with E-state index in [4.69, 9.17) is 4.74 Å². The Morgan fingerprint density at radius 3 is 2.28 bits per heavy atom. The molecule has 0 aromatic carbocycles. The van der Waals surface area contributed by atoms with Crippen LogP contribution in [0.5, 0.6) is 0 Å². The average Bonchev–Trinajstić information content (AvgIpc) is 2.41. The van der Waals surface area contributed by atoms with E-state index in [1.165, 1.54) is 6.07 Å². The van der Waals surface area contributed by atoms with E-state index < -0.39 is 29.1 Å². The van der Waals surface area contributed by atoms with Crippen LogP contribution in [0.15, 0.2) is 23.4 Å². The van der Waals surface area contributed by atoms with Crippen LogP contribution < -0.4 is 4.90 Å². The monoisotopic (exact) mass is 351 g/mol. The summed E-state index contributed by atoms with van der Waals surface area (Å²) in [5, 5.41) is 12.5. The molecule has 1 atom stereocenters. The first kappa shape index (κ1) is 20.5. The quantitative estimate of drug-likeness (QED) is 0.812. The van der Waals surface area contributed by atoms with Crippen molar-refractivity contribution in [2.45, 2.75) is 59.7 Å². The summed E-state index contributed by atoms with van der Waals surface area (Å²) in [6.45, 7) is 10.0. The number of carboxylic acids is 1. The number of aromatic nitrogens is 1. The first-order valence-electron chi connectivity index (χ1n) is 7.87. The third-order valence-corrected chi connectivity index (χ3v) is 3.17. The smallest absolute Gasteiger partial charge is 0.416 e. The lowest BCUT2D eigenvalue weighted by molar-refractivity contribution is -0.141. The molecule has 1 aromatic heterocycles. The number of ether oxygens (including phenoxy) is 1. The minimum absolute atomic E-state index is 0.0951. The molecule has 0 saturated carbocycles. The van der Waals surface area contributed by atoms with E-state index >= 15 is 0 Å². The van der Waals surface area contributed by atoms with Crippen molar-refractivity contribution in [3.63, 3.8) is 0 Å². The van der Waals surface area contributed by atoms with Crippen LogP contribution in [0.3, 0.4) is 0 Å². The van der Waals surface area contributed by atoms with Crippen molar-refractivity contribution in [3.8, 4) is 0 Å². The van der Waals surface area contributed by atoms with Gasteiger partial charge in [0.2, 0.25) is 0 Å². The summed E-state index contributed by atoms with van der Waals surface area (Å²) in [4.78, 5) is 40.3. The highest BCUT2D eigenvalue weighted by molar-refractivity contribution is 5.95. The fraction of sp³-hybridized carbons (Fsp3) is 0.588. The summed E-state index contributed by atoms with van der Waals surface area (Å²) in [6, 6.07) is 3.45. The van der Waals surface area contributed by atoms with E-state index in [2.05, 4.69) is 10.2 Å². The summed E-state index contributed by atoms with van der Waals surface area (Å²) >= 11 is 0. The van der Waals surface area contributed by atoms with Gasteiger partial charge in [0.05, 0.1) is 5.69 Å². The predicted octanol–water partition coefficient (Wildman–Crippen LogP) is 3.59. The largest absolute Gasteiger partial charge is 0.480 e. The molecular weight excluding hydrogens is 326 g/mol. The molecule has 1 amide bonds. The second-order valence-corrected chi connectivity index (χ2v) is 7.73. The molecule has 138 valence electrons. The number of rotatable bonds is 5. The number of carbonyl (C=O) groups excluding carboxylic acids is 1. The van der Waals surface area contributed by atoms with Crippen molar-refractivity contribution in [3.05, 3.63) is 28.8 Å². The van der Waals surface area contributed by atoms with Crippen molar-refractivity contribution in [2.75, 3.05) is 4.90 Å². The first-order valence-corrected chi connectivity index (χ1v) is 7.87. The first-order chi connectivity index (χ1) is 11.4. The summed E-state index contributed by atoms with van der Waals surface area (Å²) in [5.74, 6) is -1.09. The average molecular weight is 351 g/mol. The highest BCUT2D eigenvalue weighted by Gasteiger charge is 2.42. The van der Waals surface area contributed by atoms with Crippen LogP contribution in [0.4, 0.5) is 10.6 Å². The number of anilines is 1. The van der Waals surface area contributed by atoms with Gasteiger partial charge in [-0.3, -0.25) is 0 Å². The van der Waals surface area contributed by atoms with Crippen LogP contribution in [0, 0.1) is 10.3 Å². The summed E-state index contributed by atoms with van der Waals surface area (Å²) in [7, 11) is 0. The molecule has 0 aliphatic rings. The number of carboxylic acid groups (broad SMARTS) is 1. The van der Waals surface area contributed by atoms with Crippen LogP contribution in [0.1, 0.15) is 47.2 Å². The Kier molecular flexibility index (Phi) is 6.23. The Hall–Kier alpha value is -2.51. The van der Waals surface area contributed by atoms with Gasteiger partial charge in [-0.2, -0.15) is 4.91 Å². The van der Waals surface area contributed by atoms with Crippen molar-refractivity contribution >= 4 is 17.9 Å². The molecule has 8 nitrogen and oxygen atoms in total. The Morgan fingerprint density at radius 1 is 1.24 bits per heavy atom. The maximum Gasteiger partial charge on any atom is 0.416 e. The molecule has 25 heavy (non-hydrogen) atoms. The fourth-order valence-corrected chi connectivity index (χ4v) is 2.27. The van der Waals surface area contributed by atoms with E-state index in [9.17, 15) is 19.6 Å². The van der Waals surface area contributed by atoms with Crippen molar-refractivity contribution in [1.29, 1.82) is 0 Å².